The number of nitrogens with two attached hydrogens (primary N) is 2. The van der Waals surface area contributed by atoms with Crippen molar-refractivity contribution in [3.63, 3.8) is 0 Å². The second kappa shape index (κ2) is 3.41. The first-order valence-electron chi connectivity index (χ1n) is 3.52. The Kier molecular flexibility index (Phi) is 2.69. The van der Waals surface area contributed by atoms with Gasteiger partial charge < -0.3 is 11.5 Å². The molecule has 0 amide bonds. The van der Waals surface area contributed by atoms with E-state index >= 15 is 0 Å². The van der Waals surface area contributed by atoms with Crippen molar-refractivity contribution in [3.8, 4) is 0 Å². The number of rotatable bonds is 1. The van der Waals surface area contributed by atoms with Crippen molar-refractivity contribution < 1.29 is 4.39 Å². The Balaban J connectivity index is 3.23. The number of hydrogen-bond donors (Lipinski definition) is 2. The van der Waals surface area contributed by atoms with Crippen LogP contribution in [0.25, 0.3) is 0 Å². The molecule has 0 aliphatic rings. The predicted octanol–water partition coefficient (Wildman–Crippen LogP) is 2.19. The topological polar surface area (TPSA) is 52.0 Å². The van der Waals surface area contributed by atoms with Crippen molar-refractivity contribution in [2.75, 3.05) is 5.73 Å². The minimum Gasteiger partial charge on any atom is -0.398 e. The summed E-state index contributed by atoms with van der Waals surface area (Å²) in [5, 5.41) is 0. The lowest BCUT2D eigenvalue weighted by molar-refractivity contribution is 0.620. The number of halogens is 2. The maximum atomic E-state index is 12.9. The monoisotopic (exact) mass is 232 g/mol. The van der Waals surface area contributed by atoms with E-state index in [2.05, 4.69) is 15.9 Å². The van der Waals surface area contributed by atoms with Crippen LogP contribution in [-0.4, -0.2) is 0 Å². The highest BCUT2D eigenvalue weighted by atomic mass is 79.9. The number of benzene rings is 1. The fraction of sp³-hybridized carbons (Fsp3) is 0.250. The average Bonchev–Trinajstić information content (AvgIpc) is 1.96. The Morgan fingerprint density at radius 3 is 2.58 bits per heavy atom. The molecular weight excluding hydrogens is 223 g/mol. The first kappa shape index (κ1) is 9.48. The fourth-order valence-corrected chi connectivity index (χ4v) is 1.33. The van der Waals surface area contributed by atoms with Gasteiger partial charge in [0.05, 0.1) is 4.47 Å². The van der Waals surface area contributed by atoms with E-state index in [1.165, 1.54) is 6.07 Å². The molecule has 0 spiro atoms. The summed E-state index contributed by atoms with van der Waals surface area (Å²) in [6.45, 7) is 1.80. The van der Waals surface area contributed by atoms with Crippen LogP contribution in [0.3, 0.4) is 0 Å². The zero-order chi connectivity index (χ0) is 9.30. The van der Waals surface area contributed by atoms with Crippen molar-refractivity contribution in [1.29, 1.82) is 0 Å². The SMILES string of the molecule is CC(N)c1cc(Br)c(F)cc1N. The maximum absolute atomic E-state index is 12.9. The van der Waals surface area contributed by atoms with Crippen LogP contribution < -0.4 is 11.5 Å². The van der Waals surface area contributed by atoms with Crippen LogP contribution in [0.15, 0.2) is 16.6 Å². The lowest BCUT2D eigenvalue weighted by atomic mass is 10.1. The van der Waals surface area contributed by atoms with Gasteiger partial charge in [0, 0.05) is 11.7 Å². The molecule has 12 heavy (non-hydrogen) atoms. The van der Waals surface area contributed by atoms with Crippen molar-refractivity contribution in [3.05, 3.63) is 28.0 Å². The predicted molar refractivity (Wildman–Crippen MR) is 51.1 cm³/mol. The summed E-state index contributed by atoms with van der Waals surface area (Å²) in [7, 11) is 0. The summed E-state index contributed by atoms with van der Waals surface area (Å²) in [6.07, 6.45) is 0. The molecule has 0 aliphatic carbocycles. The minimum atomic E-state index is -0.364. The minimum absolute atomic E-state index is 0.179. The van der Waals surface area contributed by atoms with Crippen molar-refractivity contribution in [2.45, 2.75) is 13.0 Å². The van der Waals surface area contributed by atoms with Gasteiger partial charge in [0.2, 0.25) is 0 Å². The Bertz CT molecular complexity index is 299. The Labute approximate surface area is 78.9 Å². The van der Waals surface area contributed by atoms with E-state index in [0.29, 0.717) is 10.2 Å². The molecule has 1 unspecified atom stereocenters. The van der Waals surface area contributed by atoms with E-state index in [0.717, 1.165) is 5.56 Å². The van der Waals surface area contributed by atoms with Crippen LogP contribution in [-0.2, 0) is 0 Å². The largest absolute Gasteiger partial charge is 0.398 e. The molecule has 0 fully saturated rings. The standard InChI is InChI=1S/C8H10BrFN2/c1-4(11)5-2-6(9)7(10)3-8(5)12/h2-4H,11-12H2,1H3. The van der Waals surface area contributed by atoms with Gasteiger partial charge in [-0.1, -0.05) is 0 Å². The fourth-order valence-electron chi connectivity index (χ4n) is 0.972. The molecule has 1 atom stereocenters. The van der Waals surface area contributed by atoms with E-state index in [4.69, 9.17) is 11.5 Å². The van der Waals surface area contributed by atoms with Crippen LogP contribution in [0, 0.1) is 5.82 Å². The van der Waals surface area contributed by atoms with E-state index in [1.807, 2.05) is 0 Å². The summed E-state index contributed by atoms with van der Waals surface area (Å²) >= 11 is 3.06. The molecule has 1 rings (SSSR count). The first-order chi connectivity index (χ1) is 5.52. The summed E-state index contributed by atoms with van der Waals surface area (Å²) < 4.78 is 13.2. The molecule has 0 saturated carbocycles. The Morgan fingerprint density at radius 2 is 2.08 bits per heavy atom. The molecule has 0 heterocycles. The number of nitrogen functional groups attached to an aromatic ring is 1. The molecule has 0 saturated heterocycles. The summed E-state index contributed by atoms with van der Waals surface area (Å²) in [5.74, 6) is -0.364. The average molecular weight is 233 g/mol. The quantitative estimate of drug-likeness (QED) is 0.730. The van der Waals surface area contributed by atoms with Crippen LogP contribution >= 0.6 is 15.9 Å². The van der Waals surface area contributed by atoms with E-state index in [-0.39, 0.29) is 11.9 Å². The molecule has 1 aromatic rings. The summed E-state index contributed by atoms with van der Waals surface area (Å²) in [5.41, 5.74) is 12.3. The normalized spacial score (nSPS) is 13.0. The second-order valence-electron chi connectivity index (χ2n) is 2.68. The number of hydrogen-bond acceptors (Lipinski definition) is 2. The van der Waals surface area contributed by atoms with E-state index in [1.54, 1.807) is 13.0 Å². The highest BCUT2D eigenvalue weighted by Gasteiger charge is 2.08. The highest BCUT2D eigenvalue weighted by molar-refractivity contribution is 9.10. The molecular formula is C8H10BrFN2. The van der Waals surface area contributed by atoms with Gasteiger partial charge in [-0.25, -0.2) is 4.39 Å². The highest BCUT2D eigenvalue weighted by Crippen LogP contribution is 2.25. The van der Waals surface area contributed by atoms with E-state index in [9.17, 15) is 4.39 Å². The third kappa shape index (κ3) is 1.76. The molecule has 0 bridgehead atoms. The van der Waals surface area contributed by atoms with Gasteiger partial charge in [0.25, 0.3) is 0 Å². The Hall–Kier alpha value is -0.610. The maximum Gasteiger partial charge on any atom is 0.139 e. The molecule has 2 nitrogen and oxygen atoms in total. The van der Waals surface area contributed by atoms with Gasteiger partial charge in [-0.3, -0.25) is 0 Å². The third-order valence-electron chi connectivity index (χ3n) is 1.62. The Morgan fingerprint density at radius 1 is 1.50 bits per heavy atom. The van der Waals surface area contributed by atoms with Crippen molar-refractivity contribution in [2.24, 2.45) is 5.73 Å². The molecule has 0 aliphatic heterocycles. The van der Waals surface area contributed by atoms with Crippen molar-refractivity contribution >= 4 is 21.6 Å². The lowest BCUT2D eigenvalue weighted by Crippen LogP contribution is -2.08. The van der Waals surface area contributed by atoms with Crippen LogP contribution in [0.1, 0.15) is 18.5 Å². The van der Waals surface area contributed by atoms with E-state index < -0.39 is 0 Å². The third-order valence-corrected chi connectivity index (χ3v) is 2.22. The molecule has 4 N–H and O–H groups in total. The smallest absolute Gasteiger partial charge is 0.139 e. The summed E-state index contributed by atoms with van der Waals surface area (Å²) in [6, 6.07) is 2.69. The van der Waals surface area contributed by atoms with Gasteiger partial charge in [-0.2, -0.15) is 0 Å². The molecule has 66 valence electrons. The zero-order valence-electron chi connectivity index (χ0n) is 6.64. The van der Waals surface area contributed by atoms with Gasteiger partial charge in [0.15, 0.2) is 0 Å². The van der Waals surface area contributed by atoms with Crippen LogP contribution in [0.5, 0.6) is 0 Å². The van der Waals surface area contributed by atoms with Crippen LogP contribution in [0.4, 0.5) is 10.1 Å². The molecule has 0 radical (unpaired) electrons. The first-order valence-corrected chi connectivity index (χ1v) is 4.31. The lowest BCUT2D eigenvalue weighted by Gasteiger charge is -2.09. The molecule has 1 aromatic carbocycles. The van der Waals surface area contributed by atoms with Crippen molar-refractivity contribution in [1.82, 2.24) is 0 Å². The van der Waals surface area contributed by atoms with Gasteiger partial charge in [0.1, 0.15) is 5.82 Å². The van der Waals surface area contributed by atoms with Gasteiger partial charge in [-0.15, -0.1) is 0 Å². The van der Waals surface area contributed by atoms with Crippen LogP contribution in [0.2, 0.25) is 0 Å². The summed E-state index contributed by atoms with van der Waals surface area (Å²) in [4.78, 5) is 0. The number of anilines is 1. The zero-order valence-corrected chi connectivity index (χ0v) is 8.23. The molecule has 0 aromatic heterocycles. The van der Waals surface area contributed by atoms with Gasteiger partial charge >= 0.3 is 0 Å². The van der Waals surface area contributed by atoms with Gasteiger partial charge in [-0.05, 0) is 40.5 Å². The molecule has 4 heteroatoms. The second-order valence-corrected chi connectivity index (χ2v) is 3.54.